The number of aryl methyl sites for hydroxylation is 1. The quantitative estimate of drug-likeness (QED) is 0.623. The van der Waals surface area contributed by atoms with Crippen LogP contribution in [0, 0.1) is 11.8 Å². The van der Waals surface area contributed by atoms with Crippen molar-refractivity contribution < 1.29 is 0 Å². The van der Waals surface area contributed by atoms with Crippen LogP contribution in [0.2, 0.25) is 0 Å². The largest absolute Gasteiger partial charge is 0.292 e. The van der Waals surface area contributed by atoms with Gasteiger partial charge in [-0.3, -0.25) is 9.88 Å². The second kappa shape index (κ2) is 6.73. The molecule has 1 aromatic heterocycles. The Morgan fingerprint density at radius 3 is 2.68 bits per heavy atom. The number of nitroso groups, excluding NO2 is 1. The molecule has 0 saturated carbocycles. The van der Waals surface area contributed by atoms with Crippen molar-refractivity contribution in [3.63, 3.8) is 0 Å². The Kier molecular flexibility index (Phi) is 4.28. The molecule has 0 amide bonds. The van der Waals surface area contributed by atoms with Crippen LogP contribution in [0.5, 0.6) is 0 Å². The van der Waals surface area contributed by atoms with Crippen molar-refractivity contribution >= 4 is 16.6 Å². The summed E-state index contributed by atoms with van der Waals surface area (Å²) in [7, 11) is 0. The SMILES string of the molecule is Cc1cccc(C(c2ccc3cccnc3c2N=O)N2CCCC2)c1. The van der Waals surface area contributed by atoms with E-state index in [-0.39, 0.29) is 6.04 Å². The lowest BCUT2D eigenvalue weighted by atomic mass is 9.93. The minimum absolute atomic E-state index is 0.0431. The van der Waals surface area contributed by atoms with Gasteiger partial charge in [0, 0.05) is 17.1 Å². The molecule has 1 unspecified atom stereocenters. The third-order valence-corrected chi connectivity index (χ3v) is 5.03. The fourth-order valence-corrected chi connectivity index (χ4v) is 3.89. The number of fused-ring (bicyclic) bond motifs is 1. The van der Waals surface area contributed by atoms with Crippen LogP contribution in [-0.2, 0) is 0 Å². The monoisotopic (exact) mass is 331 g/mol. The minimum atomic E-state index is 0.0431. The Labute approximate surface area is 147 Å². The maximum Gasteiger partial charge on any atom is 0.139 e. The molecule has 4 nitrogen and oxygen atoms in total. The number of benzene rings is 2. The highest BCUT2D eigenvalue weighted by molar-refractivity contribution is 5.90. The lowest BCUT2D eigenvalue weighted by Crippen LogP contribution is -2.26. The summed E-state index contributed by atoms with van der Waals surface area (Å²) >= 11 is 0. The van der Waals surface area contributed by atoms with Gasteiger partial charge >= 0.3 is 0 Å². The lowest BCUT2D eigenvalue weighted by Gasteiger charge is -2.29. The topological polar surface area (TPSA) is 45.6 Å². The fraction of sp³-hybridized carbons (Fsp3) is 0.286. The maximum absolute atomic E-state index is 11.8. The van der Waals surface area contributed by atoms with Crippen molar-refractivity contribution in [2.75, 3.05) is 13.1 Å². The molecule has 2 heterocycles. The molecule has 3 aromatic rings. The first-order valence-electron chi connectivity index (χ1n) is 8.79. The average molecular weight is 331 g/mol. The van der Waals surface area contributed by atoms with E-state index in [2.05, 4.69) is 46.2 Å². The zero-order valence-corrected chi connectivity index (χ0v) is 14.4. The molecular formula is C21H21N3O. The van der Waals surface area contributed by atoms with Crippen LogP contribution < -0.4 is 0 Å². The number of aromatic nitrogens is 1. The molecule has 0 aliphatic carbocycles. The Hall–Kier alpha value is -2.59. The van der Waals surface area contributed by atoms with E-state index < -0.39 is 0 Å². The van der Waals surface area contributed by atoms with Gasteiger partial charge in [0.25, 0.3) is 0 Å². The van der Waals surface area contributed by atoms with Crippen molar-refractivity contribution in [3.8, 4) is 0 Å². The first kappa shape index (κ1) is 15.9. The molecule has 25 heavy (non-hydrogen) atoms. The molecule has 1 aliphatic heterocycles. The maximum atomic E-state index is 11.8. The van der Waals surface area contributed by atoms with Gasteiger partial charge in [0.05, 0.1) is 11.6 Å². The summed E-state index contributed by atoms with van der Waals surface area (Å²) in [5, 5.41) is 4.35. The number of pyridine rings is 1. The number of likely N-dealkylation sites (tertiary alicyclic amines) is 1. The third kappa shape index (κ3) is 2.94. The van der Waals surface area contributed by atoms with Gasteiger partial charge in [-0.15, -0.1) is 4.91 Å². The smallest absolute Gasteiger partial charge is 0.139 e. The predicted octanol–water partition coefficient (Wildman–Crippen LogP) is 5.13. The fourth-order valence-electron chi connectivity index (χ4n) is 3.89. The first-order valence-corrected chi connectivity index (χ1v) is 8.79. The van der Waals surface area contributed by atoms with Crippen molar-refractivity contribution in [1.29, 1.82) is 0 Å². The van der Waals surface area contributed by atoms with Crippen LogP contribution in [0.4, 0.5) is 5.69 Å². The summed E-state index contributed by atoms with van der Waals surface area (Å²) < 4.78 is 0. The summed E-state index contributed by atoms with van der Waals surface area (Å²) in [4.78, 5) is 18.6. The molecule has 0 N–H and O–H groups in total. The van der Waals surface area contributed by atoms with Crippen LogP contribution in [-0.4, -0.2) is 23.0 Å². The summed E-state index contributed by atoms with van der Waals surface area (Å²) in [5.41, 5.74) is 4.54. The number of hydrogen-bond acceptors (Lipinski definition) is 4. The Balaban J connectivity index is 1.93. The van der Waals surface area contributed by atoms with Gasteiger partial charge in [-0.2, -0.15) is 0 Å². The van der Waals surface area contributed by atoms with Crippen LogP contribution in [0.15, 0.2) is 59.9 Å². The molecule has 4 rings (SSSR count). The van der Waals surface area contributed by atoms with Gasteiger partial charge < -0.3 is 0 Å². The highest BCUT2D eigenvalue weighted by Gasteiger charge is 2.28. The van der Waals surface area contributed by atoms with E-state index in [1.807, 2.05) is 24.3 Å². The molecule has 126 valence electrons. The molecular weight excluding hydrogens is 310 g/mol. The molecule has 0 bridgehead atoms. The zero-order chi connectivity index (χ0) is 17.2. The van der Waals surface area contributed by atoms with Crippen molar-refractivity contribution in [3.05, 3.63) is 76.3 Å². The van der Waals surface area contributed by atoms with E-state index in [1.165, 1.54) is 24.0 Å². The molecule has 2 aromatic carbocycles. The van der Waals surface area contributed by atoms with Gasteiger partial charge in [0.15, 0.2) is 0 Å². The standard InChI is InChI=1S/C21H21N3O/c1-15-6-4-7-17(14-15)21(24-12-2-3-13-24)18-10-9-16-8-5-11-22-19(16)20(18)23-25/h4-11,14,21H,2-3,12-13H2,1H3. The van der Waals surface area contributed by atoms with E-state index in [1.54, 1.807) is 6.20 Å². The Morgan fingerprint density at radius 2 is 1.92 bits per heavy atom. The van der Waals surface area contributed by atoms with Crippen LogP contribution in [0.3, 0.4) is 0 Å². The van der Waals surface area contributed by atoms with Gasteiger partial charge in [-0.1, -0.05) is 48.0 Å². The minimum Gasteiger partial charge on any atom is -0.292 e. The van der Waals surface area contributed by atoms with Gasteiger partial charge in [-0.05, 0) is 49.7 Å². The molecule has 1 atom stereocenters. The first-order chi connectivity index (χ1) is 12.3. The van der Waals surface area contributed by atoms with Crippen molar-refractivity contribution in [1.82, 2.24) is 9.88 Å². The summed E-state index contributed by atoms with van der Waals surface area (Å²) in [6.45, 7) is 4.18. The predicted molar refractivity (Wildman–Crippen MR) is 101 cm³/mol. The highest BCUT2D eigenvalue weighted by atomic mass is 16.3. The molecule has 1 saturated heterocycles. The van der Waals surface area contributed by atoms with Crippen LogP contribution in [0.25, 0.3) is 10.9 Å². The second-order valence-electron chi connectivity index (χ2n) is 6.73. The molecule has 1 aliphatic rings. The highest BCUT2D eigenvalue weighted by Crippen LogP contribution is 2.40. The zero-order valence-electron chi connectivity index (χ0n) is 14.4. The van der Waals surface area contributed by atoms with E-state index in [0.29, 0.717) is 11.2 Å². The third-order valence-electron chi connectivity index (χ3n) is 5.03. The normalized spacial score (nSPS) is 16.2. The van der Waals surface area contributed by atoms with Gasteiger partial charge in [0.1, 0.15) is 5.69 Å². The molecule has 0 radical (unpaired) electrons. The molecule has 0 spiro atoms. The van der Waals surface area contributed by atoms with E-state index in [0.717, 1.165) is 24.0 Å². The summed E-state index contributed by atoms with van der Waals surface area (Å²) in [6.07, 6.45) is 4.11. The van der Waals surface area contributed by atoms with Crippen LogP contribution >= 0.6 is 0 Å². The number of nitrogens with zero attached hydrogens (tertiary/aromatic N) is 3. The van der Waals surface area contributed by atoms with E-state index in [9.17, 15) is 4.91 Å². The number of hydrogen-bond donors (Lipinski definition) is 0. The van der Waals surface area contributed by atoms with Crippen molar-refractivity contribution in [2.24, 2.45) is 5.18 Å². The Bertz CT molecular complexity index is 916. The van der Waals surface area contributed by atoms with Gasteiger partial charge in [-0.25, -0.2) is 0 Å². The lowest BCUT2D eigenvalue weighted by molar-refractivity contribution is 0.281. The molecule has 4 heteroatoms. The average Bonchev–Trinajstić information content (AvgIpc) is 3.16. The Morgan fingerprint density at radius 1 is 1.08 bits per heavy atom. The van der Waals surface area contributed by atoms with E-state index >= 15 is 0 Å². The molecule has 1 fully saturated rings. The number of rotatable bonds is 4. The second-order valence-corrected chi connectivity index (χ2v) is 6.73. The van der Waals surface area contributed by atoms with Gasteiger partial charge in [0.2, 0.25) is 0 Å². The van der Waals surface area contributed by atoms with E-state index in [4.69, 9.17) is 0 Å². The summed E-state index contributed by atoms with van der Waals surface area (Å²) in [6, 6.07) is 16.5. The summed E-state index contributed by atoms with van der Waals surface area (Å²) in [5.74, 6) is 0. The van der Waals surface area contributed by atoms with Crippen LogP contribution in [0.1, 0.15) is 35.6 Å². The van der Waals surface area contributed by atoms with Crippen molar-refractivity contribution in [2.45, 2.75) is 25.8 Å².